The van der Waals surface area contributed by atoms with Crippen LogP contribution in [0.5, 0.6) is 5.75 Å². The zero-order valence-corrected chi connectivity index (χ0v) is 15.0. The van der Waals surface area contributed by atoms with Gasteiger partial charge in [-0.25, -0.2) is 0 Å². The average molecular weight is 352 g/mol. The van der Waals surface area contributed by atoms with Crippen molar-refractivity contribution in [3.63, 3.8) is 0 Å². The number of rotatable bonds is 5. The summed E-state index contributed by atoms with van der Waals surface area (Å²) in [5, 5.41) is 0. The molecule has 25 heavy (non-hydrogen) atoms. The van der Waals surface area contributed by atoms with E-state index in [0.717, 1.165) is 20.4 Å². The Morgan fingerprint density at radius 3 is 1.56 bits per heavy atom. The van der Waals surface area contributed by atoms with Crippen molar-refractivity contribution in [1.29, 1.82) is 0 Å². The molecule has 0 radical (unpaired) electrons. The fourth-order valence-electron chi connectivity index (χ4n) is 2.72. The lowest BCUT2D eigenvalue weighted by atomic mass is 10.3. The van der Waals surface area contributed by atoms with Gasteiger partial charge < -0.3 is 8.92 Å². The van der Waals surface area contributed by atoms with Gasteiger partial charge in [0.1, 0.15) is 5.75 Å². The minimum atomic E-state index is -2.16. The third-order valence-electron chi connectivity index (χ3n) is 3.78. The quantitative estimate of drug-likeness (QED) is 0.612. The lowest BCUT2D eigenvalue weighted by Gasteiger charge is -2.39. The molecule has 0 fully saturated rings. The SMILES string of the molecule is COc1ccc(S(OC(C)=O)(c2ccccc2)c2ccccc2)cc1. The predicted molar refractivity (Wildman–Crippen MR) is 100 cm³/mol. The average Bonchev–Trinajstić information content (AvgIpc) is 2.67. The van der Waals surface area contributed by atoms with Crippen LogP contribution >= 0.6 is 10.3 Å². The minimum absolute atomic E-state index is 0.307. The summed E-state index contributed by atoms with van der Waals surface area (Å²) in [4.78, 5) is 15.0. The van der Waals surface area contributed by atoms with E-state index in [4.69, 9.17) is 8.92 Å². The highest BCUT2D eigenvalue weighted by Gasteiger charge is 2.34. The summed E-state index contributed by atoms with van der Waals surface area (Å²) < 4.78 is 11.3. The van der Waals surface area contributed by atoms with Gasteiger partial charge in [0.05, 0.1) is 7.11 Å². The Labute approximate surface area is 149 Å². The molecule has 0 spiro atoms. The van der Waals surface area contributed by atoms with Crippen molar-refractivity contribution < 1.29 is 13.7 Å². The predicted octanol–water partition coefficient (Wildman–Crippen LogP) is 5.46. The molecule has 0 aliphatic rings. The van der Waals surface area contributed by atoms with Crippen LogP contribution in [-0.2, 0) is 8.98 Å². The summed E-state index contributed by atoms with van der Waals surface area (Å²) in [6, 6.07) is 27.5. The molecule has 0 saturated carbocycles. The van der Waals surface area contributed by atoms with Crippen molar-refractivity contribution in [3.8, 4) is 5.75 Å². The smallest absolute Gasteiger partial charge is 0.313 e. The van der Waals surface area contributed by atoms with Gasteiger partial charge in [0, 0.05) is 21.6 Å². The standard InChI is InChI=1S/C21H20O3S/c1-17(22)24-25(19-9-5-3-6-10-19,20-11-7-4-8-12-20)21-15-13-18(23-2)14-16-21/h3-16H,1-2H3. The number of benzene rings is 3. The lowest BCUT2D eigenvalue weighted by molar-refractivity contribution is -0.131. The first-order valence-corrected chi connectivity index (χ1v) is 9.50. The molecule has 3 rings (SSSR count). The van der Waals surface area contributed by atoms with E-state index in [9.17, 15) is 4.79 Å². The topological polar surface area (TPSA) is 35.5 Å². The van der Waals surface area contributed by atoms with Crippen molar-refractivity contribution in [2.24, 2.45) is 0 Å². The molecule has 3 aromatic carbocycles. The van der Waals surface area contributed by atoms with Gasteiger partial charge in [0.25, 0.3) is 0 Å². The monoisotopic (exact) mass is 352 g/mol. The van der Waals surface area contributed by atoms with E-state index in [1.165, 1.54) is 6.92 Å². The summed E-state index contributed by atoms with van der Waals surface area (Å²) >= 11 is 0. The first kappa shape index (κ1) is 17.1. The van der Waals surface area contributed by atoms with Crippen LogP contribution in [0.4, 0.5) is 0 Å². The van der Waals surface area contributed by atoms with Gasteiger partial charge in [0.15, 0.2) is 0 Å². The molecule has 0 N–H and O–H groups in total. The molecule has 3 nitrogen and oxygen atoms in total. The summed E-state index contributed by atoms with van der Waals surface area (Å²) in [5.41, 5.74) is 0. The van der Waals surface area contributed by atoms with Crippen molar-refractivity contribution in [1.82, 2.24) is 0 Å². The number of carbonyl (C=O) groups excluding carboxylic acids is 1. The summed E-state index contributed by atoms with van der Waals surface area (Å²) in [6.07, 6.45) is 0. The Balaban J connectivity index is 2.29. The molecule has 0 unspecified atom stereocenters. The van der Waals surface area contributed by atoms with Gasteiger partial charge >= 0.3 is 5.97 Å². The molecular formula is C21H20O3S. The number of hydrogen-bond acceptors (Lipinski definition) is 3. The fraction of sp³-hybridized carbons (Fsp3) is 0.0952. The molecule has 128 valence electrons. The van der Waals surface area contributed by atoms with E-state index in [-0.39, 0.29) is 5.97 Å². The van der Waals surface area contributed by atoms with Gasteiger partial charge in [-0.3, -0.25) is 4.79 Å². The van der Waals surface area contributed by atoms with Crippen molar-refractivity contribution in [2.75, 3.05) is 7.11 Å². The maximum atomic E-state index is 12.1. The normalized spacial score (nSPS) is 11.6. The molecule has 0 aliphatic carbocycles. The Bertz CT molecular complexity index is 791. The second-order valence-electron chi connectivity index (χ2n) is 5.43. The Hall–Kier alpha value is -2.72. The van der Waals surface area contributed by atoms with E-state index in [1.807, 2.05) is 84.9 Å². The molecule has 0 atom stereocenters. The summed E-state index contributed by atoms with van der Waals surface area (Å²) in [7, 11) is -0.527. The fourth-order valence-corrected chi connectivity index (χ4v) is 5.78. The number of hydrogen-bond donors (Lipinski definition) is 0. The maximum Gasteiger partial charge on any atom is 0.313 e. The van der Waals surface area contributed by atoms with Crippen LogP contribution < -0.4 is 4.74 Å². The van der Waals surface area contributed by atoms with Crippen LogP contribution in [0.25, 0.3) is 0 Å². The zero-order valence-electron chi connectivity index (χ0n) is 14.2. The largest absolute Gasteiger partial charge is 0.497 e. The van der Waals surface area contributed by atoms with E-state index in [1.54, 1.807) is 7.11 Å². The molecule has 0 saturated heterocycles. The van der Waals surface area contributed by atoms with Crippen molar-refractivity contribution in [3.05, 3.63) is 84.9 Å². The molecule has 3 aromatic rings. The molecule has 0 aromatic heterocycles. The van der Waals surface area contributed by atoms with E-state index in [2.05, 4.69) is 0 Å². The van der Waals surface area contributed by atoms with Crippen molar-refractivity contribution >= 4 is 16.3 Å². The van der Waals surface area contributed by atoms with Gasteiger partial charge in [-0.2, -0.15) is 0 Å². The highest BCUT2D eigenvalue weighted by atomic mass is 32.3. The maximum absolute atomic E-state index is 12.1. The Morgan fingerprint density at radius 2 is 1.16 bits per heavy atom. The van der Waals surface area contributed by atoms with E-state index < -0.39 is 10.3 Å². The molecule has 0 aliphatic heterocycles. The Kier molecular flexibility index (Phi) is 5.10. The van der Waals surface area contributed by atoms with E-state index in [0.29, 0.717) is 0 Å². The number of methoxy groups -OCH3 is 1. The van der Waals surface area contributed by atoms with Crippen LogP contribution in [-0.4, -0.2) is 13.1 Å². The zero-order chi connectivity index (χ0) is 17.7. The van der Waals surface area contributed by atoms with Crippen LogP contribution in [0.3, 0.4) is 0 Å². The summed E-state index contributed by atoms with van der Waals surface area (Å²) in [6.45, 7) is 1.46. The van der Waals surface area contributed by atoms with Crippen LogP contribution in [0, 0.1) is 0 Å². The van der Waals surface area contributed by atoms with Gasteiger partial charge in [-0.05, 0) is 58.8 Å². The second-order valence-corrected chi connectivity index (χ2v) is 8.13. The highest BCUT2D eigenvalue weighted by molar-refractivity contribution is 8.30. The van der Waals surface area contributed by atoms with Gasteiger partial charge in [-0.15, -0.1) is 0 Å². The highest BCUT2D eigenvalue weighted by Crippen LogP contribution is 2.69. The minimum Gasteiger partial charge on any atom is -0.497 e. The van der Waals surface area contributed by atoms with Crippen LogP contribution in [0.2, 0.25) is 0 Å². The molecular weight excluding hydrogens is 332 g/mol. The Morgan fingerprint density at radius 1 is 0.720 bits per heavy atom. The first-order valence-electron chi connectivity index (χ1n) is 7.94. The number of carbonyl (C=O) groups is 1. The molecule has 0 amide bonds. The van der Waals surface area contributed by atoms with Gasteiger partial charge in [0.2, 0.25) is 0 Å². The van der Waals surface area contributed by atoms with Crippen molar-refractivity contribution in [2.45, 2.75) is 21.6 Å². The third-order valence-corrected chi connectivity index (χ3v) is 7.08. The van der Waals surface area contributed by atoms with Gasteiger partial charge in [-0.1, -0.05) is 36.4 Å². The first-order chi connectivity index (χ1) is 12.2. The molecule has 0 heterocycles. The van der Waals surface area contributed by atoms with Crippen LogP contribution in [0.15, 0.2) is 99.6 Å². The van der Waals surface area contributed by atoms with E-state index >= 15 is 0 Å². The molecule has 4 heteroatoms. The molecule has 0 bridgehead atoms. The second kappa shape index (κ2) is 7.45. The summed E-state index contributed by atoms with van der Waals surface area (Å²) in [5.74, 6) is 0.458. The lowest BCUT2D eigenvalue weighted by Crippen LogP contribution is -2.11. The van der Waals surface area contributed by atoms with Crippen LogP contribution in [0.1, 0.15) is 6.92 Å². The third kappa shape index (κ3) is 3.39. The number of ether oxygens (including phenoxy) is 1.